The van der Waals surface area contributed by atoms with Crippen LogP contribution in [0.3, 0.4) is 0 Å². The minimum Gasteiger partial charge on any atom is -0.473 e. The molecule has 0 unspecified atom stereocenters. The highest BCUT2D eigenvalue weighted by molar-refractivity contribution is 6.30. The Morgan fingerprint density at radius 2 is 1.91 bits per heavy atom. The van der Waals surface area contributed by atoms with Gasteiger partial charge in [-0.15, -0.1) is 0 Å². The minimum absolute atomic E-state index is 0.0860. The smallest absolute Gasteiger partial charge is 0.213 e. The van der Waals surface area contributed by atoms with Crippen LogP contribution in [0.5, 0.6) is 5.88 Å². The summed E-state index contributed by atoms with van der Waals surface area (Å²) in [6.07, 6.45) is 6.73. The monoisotopic (exact) mass is 602 g/mol. The van der Waals surface area contributed by atoms with Crippen molar-refractivity contribution in [3.05, 3.63) is 125 Å². The number of pyridine rings is 1. The lowest BCUT2D eigenvalue weighted by atomic mass is 9.93. The van der Waals surface area contributed by atoms with Crippen molar-refractivity contribution in [3.63, 3.8) is 0 Å². The highest BCUT2D eigenvalue weighted by Gasteiger charge is 2.24. The predicted octanol–water partition coefficient (Wildman–Crippen LogP) is 7.75. The zero-order valence-corrected chi connectivity index (χ0v) is 26.0. The highest BCUT2D eigenvalue weighted by Crippen LogP contribution is 2.30. The molecule has 1 aromatic heterocycles. The van der Waals surface area contributed by atoms with Crippen molar-refractivity contribution in [2.45, 2.75) is 39.2 Å². The van der Waals surface area contributed by atoms with Crippen LogP contribution in [0.1, 0.15) is 52.9 Å². The molecule has 0 aliphatic carbocycles. The van der Waals surface area contributed by atoms with Crippen LogP contribution in [0.4, 0.5) is 10.1 Å². The number of likely N-dealkylation sites (N-methyl/N-ethyl adjacent to an activating group) is 1. The fraction of sp³-hybridized carbons (Fsp3) is 0.314. The number of allylic oxidation sites excluding steroid dienone is 1. The van der Waals surface area contributed by atoms with Gasteiger partial charge in [0.15, 0.2) is 0 Å². The molecule has 0 radical (unpaired) electrons. The molecule has 4 rings (SSSR count). The lowest BCUT2D eigenvalue weighted by Crippen LogP contribution is -2.39. The van der Waals surface area contributed by atoms with Crippen LogP contribution in [0.15, 0.2) is 91.4 Å². The summed E-state index contributed by atoms with van der Waals surface area (Å²) < 4.78 is 20.0. The quantitative estimate of drug-likeness (QED) is 0.186. The van der Waals surface area contributed by atoms with Gasteiger partial charge >= 0.3 is 0 Å². The van der Waals surface area contributed by atoms with Gasteiger partial charge in [-0.2, -0.15) is 0 Å². The number of rotatable bonds is 13. The zero-order valence-electron chi connectivity index (χ0n) is 25.2. The Morgan fingerprint density at radius 3 is 2.60 bits per heavy atom. The first-order chi connectivity index (χ1) is 20.7. The summed E-state index contributed by atoms with van der Waals surface area (Å²) in [7, 11) is 1.98. The van der Waals surface area contributed by atoms with Crippen LogP contribution >= 0.6 is 11.6 Å². The van der Waals surface area contributed by atoms with Gasteiger partial charge in [0.25, 0.3) is 0 Å². The number of aromatic nitrogens is 1. The SMILES string of the molecule is C=C(CN(C(=C)CN1CCC(c2cccc(OCc3ccc(Cl)cc3F)n2)CC1)c1cc(C=O)ccc1C)N(C)/C=C\C. The van der Waals surface area contributed by atoms with E-state index in [1.54, 1.807) is 18.2 Å². The minimum atomic E-state index is -0.392. The molecule has 8 heteroatoms. The first-order valence-corrected chi connectivity index (χ1v) is 14.9. The Morgan fingerprint density at radius 1 is 1.14 bits per heavy atom. The average Bonchev–Trinajstić information content (AvgIpc) is 3.00. The van der Waals surface area contributed by atoms with E-state index < -0.39 is 5.82 Å². The third-order valence-corrected chi connectivity index (χ3v) is 8.04. The van der Waals surface area contributed by atoms with E-state index in [0.717, 1.165) is 60.6 Å². The van der Waals surface area contributed by atoms with E-state index in [0.29, 0.717) is 41.0 Å². The van der Waals surface area contributed by atoms with E-state index in [9.17, 15) is 9.18 Å². The number of benzene rings is 2. The second kappa shape index (κ2) is 15.0. The lowest BCUT2D eigenvalue weighted by Gasteiger charge is -2.36. The fourth-order valence-corrected chi connectivity index (χ4v) is 5.40. The molecule has 1 saturated heterocycles. The standard InChI is InChI=1S/C35H40ClFN4O2/c1-6-16-39(5)26(3)22-41(34-19-28(23-42)11-10-25(34)2)27(4)21-40-17-14-29(15-18-40)33-8-7-9-35(38-33)43-24-30-12-13-31(36)20-32(30)37/h6-13,16,19-20,23,29H,3-4,14-15,17-18,21-22,24H2,1-2,5H3/b16-6-. The van der Waals surface area contributed by atoms with Gasteiger partial charge in [-0.1, -0.05) is 55.1 Å². The van der Waals surface area contributed by atoms with E-state index in [4.69, 9.17) is 21.3 Å². The molecule has 0 N–H and O–H groups in total. The van der Waals surface area contributed by atoms with E-state index in [-0.39, 0.29) is 6.61 Å². The van der Waals surface area contributed by atoms with Gasteiger partial charge in [-0.3, -0.25) is 9.69 Å². The maximum Gasteiger partial charge on any atom is 0.213 e. The van der Waals surface area contributed by atoms with Crippen molar-refractivity contribution in [2.24, 2.45) is 0 Å². The fourth-order valence-electron chi connectivity index (χ4n) is 5.24. The molecule has 3 aromatic rings. The van der Waals surface area contributed by atoms with E-state index >= 15 is 0 Å². The molecule has 1 fully saturated rings. The molecular formula is C35H40ClFN4O2. The first kappa shape index (κ1) is 32.0. The average molecular weight is 603 g/mol. The topological polar surface area (TPSA) is 48.9 Å². The van der Waals surface area contributed by atoms with Gasteiger partial charge in [-0.25, -0.2) is 9.37 Å². The molecule has 43 heavy (non-hydrogen) atoms. The molecule has 0 saturated carbocycles. The molecular weight excluding hydrogens is 563 g/mol. The second-order valence-electron chi connectivity index (χ2n) is 11.0. The maximum absolute atomic E-state index is 14.2. The molecule has 0 atom stereocenters. The molecule has 0 spiro atoms. The number of anilines is 1. The van der Waals surface area contributed by atoms with E-state index in [2.05, 4.69) is 23.0 Å². The van der Waals surface area contributed by atoms with Crippen molar-refractivity contribution in [1.82, 2.24) is 14.8 Å². The van der Waals surface area contributed by atoms with Gasteiger partial charge in [0.05, 0.1) is 6.54 Å². The van der Waals surface area contributed by atoms with Crippen molar-refractivity contribution in [3.8, 4) is 5.88 Å². The molecule has 1 aliphatic heterocycles. The summed E-state index contributed by atoms with van der Waals surface area (Å²) in [6.45, 7) is 15.9. The van der Waals surface area contributed by atoms with Crippen LogP contribution < -0.4 is 9.64 Å². The number of halogens is 2. The molecule has 0 bridgehead atoms. The Kier molecular flexibility index (Phi) is 11.1. The lowest BCUT2D eigenvalue weighted by molar-refractivity contribution is 0.112. The summed E-state index contributed by atoms with van der Waals surface area (Å²) in [5.74, 6) is 0.392. The van der Waals surface area contributed by atoms with Crippen LogP contribution in [0.2, 0.25) is 5.02 Å². The highest BCUT2D eigenvalue weighted by atomic mass is 35.5. The molecule has 1 aliphatic rings. The summed E-state index contributed by atoms with van der Waals surface area (Å²) in [5.41, 5.74) is 5.94. The number of piperidine rings is 1. The van der Waals surface area contributed by atoms with Gasteiger partial charge < -0.3 is 14.5 Å². The summed E-state index contributed by atoms with van der Waals surface area (Å²) in [5, 5.41) is 0.355. The van der Waals surface area contributed by atoms with Crippen molar-refractivity contribution >= 4 is 23.6 Å². The molecule has 6 nitrogen and oxygen atoms in total. The normalized spacial score (nSPS) is 14.1. The molecule has 2 heterocycles. The zero-order chi connectivity index (χ0) is 30.9. The van der Waals surface area contributed by atoms with Gasteiger partial charge in [0, 0.05) is 64.5 Å². The number of carbonyl (C=O) groups excluding carboxylic acids is 1. The Hall–Kier alpha value is -3.94. The van der Waals surface area contributed by atoms with Crippen LogP contribution in [0.25, 0.3) is 0 Å². The maximum atomic E-state index is 14.2. The predicted molar refractivity (Wildman–Crippen MR) is 173 cm³/mol. The largest absolute Gasteiger partial charge is 0.473 e. The van der Waals surface area contributed by atoms with E-state index in [1.807, 2.05) is 68.4 Å². The number of aryl methyl sites for hydroxylation is 1. The number of carbonyl (C=O) groups is 1. The number of likely N-dealkylation sites (tertiary alicyclic amines) is 1. The number of nitrogens with zero attached hydrogens (tertiary/aromatic N) is 4. The molecule has 226 valence electrons. The van der Waals surface area contributed by atoms with Gasteiger partial charge in [0.2, 0.25) is 5.88 Å². The Bertz CT molecular complexity index is 1480. The van der Waals surface area contributed by atoms with Crippen molar-refractivity contribution in [2.75, 3.05) is 38.1 Å². The Labute approximate surface area is 259 Å². The van der Waals surface area contributed by atoms with E-state index in [1.165, 1.54) is 6.07 Å². The third kappa shape index (κ3) is 8.55. The van der Waals surface area contributed by atoms with Crippen molar-refractivity contribution in [1.29, 1.82) is 0 Å². The second-order valence-corrected chi connectivity index (χ2v) is 11.4. The molecule has 2 aromatic carbocycles. The van der Waals surface area contributed by atoms with Gasteiger partial charge in [-0.05, 0) is 75.8 Å². The number of ether oxygens (including phenoxy) is 1. The summed E-state index contributed by atoms with van der Waals surface area (Å²) in [4.78, 5) is 22.9. The summed E-state index contributed by atoms with van der Waals surface area (Å²) >= 11 is 5.86. The summed E-state index contributed by atoms with van der Waals surface area (Å²) in [6, 6.07) is 16.1. The molecule has 0 amide bonds. The van der Waals surface area contributed by atoms with Crippen LogP contribution in [-0.2, 0) is 6.61 Å². The number of aldehydes is 1. The number of hydrogen-bond donors (Lipinski definition) is 0. The van der Waals surface area contributed by atoms with Crippen molar-refractivity contribution < 1.29 is 13.9 Å². The number of hydrogen-bond acceptors (Lipinski definition) is 6. The Balaban J connectivity index is 1.39. The third-order valence-electron chi connectivity index (χ3n) is 7.80. The first-order valence-electron chi connectivity index (χ1n) is 14.5. The van der Waals surface area contributed by atoms with Crippen LogP contribution in [0, 0.1) is 12.7 Å². The van der Waals surface area contributed by atoms with Gasteiger partial charge in [0.1, 0.15) is 18.7 Å². The van der Waals surface area contributed by atoms with Crippen LogP contribution in [-0.4, -0.2) is 54.3 Å².